The summed E-state index contributed by atoms with van der Waals surface area (Å²) in [7, 11) is 0. The Morgan fingerprint density at radius 1 is 1.50 bits per heavy atom. The van der Waals surface area contributed by atoms with Crippen molar-refractivity contribution in [1.29, 1.82) is 0 Å². The SMILES string of the molecule is Nc1ccc(N2CC3CC3(N)C2)cn1. The van der Waals surface area contributed by atoms with Gasteiger partial charge in [0.25, 0.3) is 0 Å². The van der Waals surface area contributed by atoms with Gasteiger partial charge in [0, 0.05) is 18.6 Å². The maximum Gasteiger partial charge on any atom is 0.123 e. The van der Waals surface area contributed by atoms with Crippen molar-refractivity contribution in [2.75, 3.05) is 23.7 Å². The molecule has 4 N–H and O–H groups in total. The van der Waals surface area contributed by atoms with Crippen LogP contribution in [0, 0.1) is 5.92 Å². The fourth-order valence-electron chi connectivity index (χ4n) is 2.31. The predicted octanol–water partition coefficient (Wildman–Crippen LogP) is 0.201. The second-order valence-electron chi connectivity index (χ2n) is 4.46. The van der Waals surface area contributed by atoms with Crippen LogP contribution in [0.25, 0.3) is 0 Å². The molecular formula is C10H14N4. The zero-order valence-corrected chi connectivity index (χ0v) is 7.98. The molecule has 3 rings (SSSR count). The van der Waals surface area contributed by atoms with E-state index in [2.05, 4.69) is 9.88 Å². The molecule has 2 unspecified atom stereocenters. The largest absolute Gasteiger partial charge is 0.384 e. The molecule has 2 atom stereocenters. The summed E-state index contributed by atoms with van der Waals surface area (Å²) in [5.74, 6) is 1.26. The van der Waals surface area contributed by atoms with E-state index in [9.17, 15) is 0 Å². The van der Waals surface area contributed by atoms with E-state index >= 15 is 0 Å². The molecule has 0 aromatic carbocycles. The number of hydrogen-bond acceptors (Lipinski definition) is 4. The fraction of sp³-hybridized carbons (Fsp3) is 0.500. The Bertz CT molecular complexity index is 361. The zero-order valence-electron chi connectivity index (χ0n) is 7.98. The monoisotopic (exact) mass is 190 g/mol. The first-order valence-electron chi connectivity index (χ1n) is 4.93. The zero-order chi connectivity index (χ0) is 9.76. The van der Waals surface area contributed by atoms with Gasteiger partial charge in [-0.1, -0.05) is 0 Å². The van der Waals surface area contributed by atoms with Gasteiger partial charge in [0.2, 0.25) is 0 Å². The molecule has 0 bridgehead atoms. The molecule has 1 saturated heterocycles. The number of nitrogens with two attached hydrogens (primary N) is 2. The molecule has 0 spiro atoms. The summed E-state index contributed by atoms with van der Waals surface area (Å²) >= 11 is 0. The van der Waals surface area contributed by atoms with Crippen LogP contribution in [0.5, 0.6) is 0 Å². The molecule has 1 saturated carbocycles. The summed E-state index contributed by atoms with van der Waals surface area (Å²) in [6.45, 7) is 2.03. The second-order valence-corrected chi connectivity index (χ2v) is 4.46. The van der Waals surface area contributed by atoms with Crippen molar-refractivity contribution in [3.8, 4) is 0 Å². The van der Waals surface area contributed by atoms with Crippen LogP contribution in [0.3, 0.4) is 0 Å². The van der Waals surface area contributed by atoms with Crippen molar-refractivity contribution in [1.82, 2.24) is 4.98 Å². The Balaban J connectivity index is 1.81. The van der Waals surface area contributed by atoms with Gasteiger partial charge in [-0.05, 0) is 24.5 Å². The van der Waals surface area contributed by atoms with E-state index < -0.39 is 0 Å². The molecule has 2 aliphatic rings. The van der Waals surface area contributed by atoms with E-state index in [4.69, 9.17) is 11.5 Å². The Kier molecular flexibility index (Phi) is 1.37. The third kappa shape index (κ3) is 1.07. The van der Waals surface area contributed by atoms with Gasteiger partial charge in [-0.3, -0.25) is 0 Å². The lowest BCUT2D eigenvalue weighted by Gasteiger charge is -2.21. The summed E-state index contributed by atoms with van der Waals surface area (Å²) in [4.78, 5) is 6.37. The molecule has 1 aliphatic heterocycles. The predicted molar refractivity (Wildman–Crippen MR) is 55.9 cm³/mol. The molecule has 2 fully saturated rings. The molecule has 74 valence electrons. The molecule has 4 nitrogen and oxygen atoms in total. The van der Waals surface area contributed by atoms with Crippen LogP contribution < -0.4 is 16.4 Å². The standard InChI is InChI=1S/C10H14N4/c11-9-2-1-8(4-13-9)14-5-7-3-10(7,12)6-14/h1-2,4,7H,3,5-6,12H2,(H2,11,13). The first-order chi connectivity index (χ1) is 6.67. The quantitative estimate of drug-likeness (QED) is 0.664. The van der Waals surface area contributed by atoms with E-state index in [0.29, 0.717) is 11.7 Å². The first-order valence-corrected chi connectivity index (χ1v) is 4.93. The molecular weight excluding hydrogens is 176 g/mol. The smallest absolute Gasteiger partial charge is 0.123 e. The lowest BCUT2D eigenvalue weighted by molar-refractivity contribution is 0.698. The highest BCUT2D eigenvalue weighted by Crippen LogP contribution is 2.48. The van der Waals surface area contributed by atoms with Crippen molar-refractivity contribution in [2.45, 2.75) is 12.0 Å². The summed E-state index contributed by atoms with van der Waals surface area (Å²) in [6.07, 6.45) is 3.01. The topological polar surface area (TPSA) is 68.2 Å². The third-order valence-electron chi connectivity index (χ3n) is 3.34. The molecule has 1 aliphatic carbocycles. The minimum Gasteiger partial charge on any atom is -0.384 e. The van der Waals surface area contributed by atoms with Crippen molar-refractivity contribution in [3.05, 3.63) is 18.3 Å². The number of fused-ring (bicyclic) bond motifs is 1. The third-order valence-corrected chi connectivity index (χ3v) is 3.34. The number of rotatable bonds is 1. The average Bonchev–Trinajstić information content (AvgIpc) is 2.66. The lowest BCUT2D eigenvalue weighted by Crippen LogP contribution is -2.33. The van der Waals surface area contributed by atoms with Crippen molar-refractivity contribution < 1.29 is 0 Å². The molecule has 0 amide bonds. The number of pyridine rings is 1. The first kappa shape index (κ1) is 8.05. The Hall–Kier alpha value is -1.29. The Morgan fingerprint density at radius 3 is 2.93 bits per heavy atom. The van der Waals surface area contributed by atoms with Gasteiger partial charge < -0.3 is 16.4 Å². The molecule has 1 aromatic heterocycles. The maximum atomic E-state index is 6.12. The van der Waals surface area contributed by atoms with Gasteiger partial charge in [0.1, 0.15) is 5.82 Å². The van der Waals surface area contributed by atoms with Gasteiger partial charge in [0.05, 0.1) is 11.9 Å². The molecule has 1 aromatic rings. The summed E-state index contributed by atoms with van der Waals surface area (Å²) in [5.41, 5.74) is 12.9. The lowest BCUT2D eigenvalue weighted by atomic mass is 10.3. The maximum absolute atomic E-state index is 6.12. The van der Waals surface area contributed by atoms with E-state index in [-0.39, 0.29) is 5.54 Å². The van der Waals surface area contributed by atoms with Crippen LogP contribution in [-0.2, 0) is 0 Å². The van der Waals surface area contributed by atoms with E-state index in [1.807, 2.05) is 18.3 Å². The Labute approximate surface area is 82.9 Å². The van der Waals surface area contributed by atoms with Crippen molar-refractivity contribution >= 4 is 11.5 Å². The van der Waals surface area contributed by atoms with Crippen LogP contribution in [0.1, 0.15) is 6.42 Å². The fourth-order valence-corrected chi connectivity index (χ4v) is 2.31. The van der Waals surface area contributed by atoms with Gasteiger partial charge in [-0.25, -0.2) is 4.98 Å². The number of anilines is 2. The van der Waals surface area contributed by atoms with Gasteiger partial charge in [0.15, 0.2) is 0 Å². The number of nitrogens with zero attached hydrogens (tertiary/aromatic N) is 2. The van der Waals surface area contributed by atoms with E-state index in [1.165, 1.54) is 6.42 Å². The van der Waals surface area contributed by atoms with Gasteiger partial charge in [-0.15, -0.1) is 0 Å². The van der Waals surface area contributed by atoms with E-state index in [0.717, 1.165) is 18.8 Å². The molecule has 2 heterocycles. The number of nitrogen functional groups attached to an aromatic ring is 1. The Morgan fingerprint density at radius 2 is 2.36 bits per heavy atom. The summed E-state index contributed by atoms with van der Waals surface area (Å²) in [6, 6.07) is 3.85. The number of hydrogen-bond donors (Lipinski definition) is 2. The highest BCUT2D eigenvalue weighted by atomic mass is 15.2. The number of piperidine rings is 1. The van der Waals surface area contributed by atoms with Gasteiger partial charge in [-0.2, -0.15) is 0 Å². The minimum absolute atomic E-state index is 0.0986. The van der Waals surface area contributed by atoms with Crippen LogP contribution in [0.4, 0.5) is 11.5 Å². The minimum atomic E-state index is 0.0986. The molecule has 4 heteroatoms. The highest BCUT2D eigenvalue weighted by molar-refractivity contribution is 5.51. The highest BCUT2D eigenvalue weighted by Gasteiger charge is 2.57. The van der Waals surface area contributed by atoms with Crippen LogP contribution in [-0.4, -0.2) is 23.6 Å². The summed E-state index contributed by atoms with van der Waals surface area (Å²) < 4.78 is 0. The molecule has 0 radical (unpaired) electrons. The van der Waals surface area contributed by atoms with Gasteiger partial charge >= 0.3 is 0 Å². The van der Waals surface area contributed by atoms with Crippen LogP contribution in [0.2, 0.25) is 0 Å². The summed E-state index contributed by atoms with van der Waals surface area (Å²) in [5, 5.41) is 0. The van der Waals surface area contributed by atoms with Crippen molar-refractivity contribution in [2.24, 2.45) is 11.7 Å². The molecule has 14 heavy (non-hydrogen) atoms. The van der Waals surface area contributed by atoms with E-state index in [1.54, 1.807) is 0 Å². The average molecular weight is 190 g/mol. The van der Waals surface area contributed by atoms with Crippen LogP contribution >= 0.6 is 0 Å². The number of aromatic nitrogens is 1. The normalized spacial score (nSPS) is 34.4. The van der Waals surface area contributed by atoms with Crippen LogP contribution in [0.15, 0.2) is 18.3 Å². The van der Waals surface area contributed by atoms with Crippen molar-refractivity contribution in [3.63, 3.8) is 0 Å². The second kappa shape index (κ2) is 2.39.